The third-order valence-corrected chi connectivity index (χ3v) is 6.16. The summed E-state index contributed by atoms with van der Waals surface area (Å²) in [6, 6.07) is 5.79. The van der Waals surface area contributed by atoms with Crippen molar-refractivity contribution in [2.24, 2.45) is 0 Å². The minimum absolute atomic E-state index is 0.243. The van der Waals surface area contributed by atoms with Crippen LogP contribution in [0.2, 0.25) is 0 Å². The number of ether oxygens (including phenoxy) is 3. The molecule has 1 heterocycles. The average molecular weight is 498 g/mol. The Balaban J connectivity index is 2.12. The molecule has 0 atom stereocenters. The van der Waals surface area contributed by atoms with E-state index in [4.69, 9.17) is 14.2 Å². The summed E-state index contributed by atoms with van der Waals surface area (Å²) in [5.74, 6) is 1.52. The van der Waals surface area contributed by atoms with Gasteiger partial charge in [0.05, 0.1) is 18.7 Å². The van der Waals surface area contributed by atoms with Gasteiger partial charge >= 0.3 is 0 Å². The van der Waals surface area contributed by atoms with Crippen LogP contribution in [-0.4, -0.2) is 24.8 Å². The van der Waals surface area contributed by atoms with Crippen molar-refractivity contribution in [2.75, 3.05) is 19.8 Å². The van der Waals surface area contributed by atoms with Crippen LogP contribution in [0.5, 0.6) is 17.2 Å². The standard InChI is InChI=1S/C31H47NO4/c1-6-8-10-11-12-13-21-34-26-17-18-27-28(23-26)32-31(33)30(29(27)35-20-9-7-2)36-22-19-25(5)16-14-15-24(3)4/h15,17-19,23H,6-14,16,20-22H2,1-5H3,(H,32,33)/b25-19+. The Labute approximate surface area is 217 Å². The van der Waals surface area contributed by atoms with Crippen molar-refractivity contribution in [3.05, 3.63) is 51.9 Å². The molecule has 0 aliphatic carbocycles. The number of allylic oxidation sites excluding steroid dienone is 3. The van der Waals surface area contributed by atoms with Crippen LogP contribution in [0.4, 0.5) is 0 Å². The zero-order valence-corrected chi connectivity index (χ0v) is 23.2. The molecule has 5 heteroatoms. The predicted molar refractivity (Wildman–Crippen MR) is 152 cm³/mol. The maximum Gasteiger partial charge on any atom is 0.294 e. The summed E-state index contributed by atoms with van der Waals surface area (Å²) in [4.78, 5) is 15.9. The molecule has 2 rings (SSSR count). The lowest BCUT2D eigenvalue weighted by Crippen LogP contribution is -2.14. The molecule has 0 aliphatic rings. The van der Waals surface area contributed by atoms with Crippen LogP contribution in [0.1, 0.15) is 98.8 Å². The Morgan fingerprint density at radius 2 is 1.56 bits per heavy atom. The number of unbranched alkanes of at least 4 members (excludes halogenated alkanes) is 6. The van der Waals surface area contributed by atoms with E-state index in [1.54, 1.807) is 0 Å². The van der Waals surface area contributed by atoms with Gasteiger partial charge in [0.1, 0.15) is 12.4 Å². The Morgan fingerprint density at radius 3 is 2.31 bits per heavy atom. The van der Waals surface area contributed by atoms with Crippen LogP contribution >= 0.6 is 0 Å². The van der Waals surface area contributed by atoms with Crippen LogP contribution in [0.25, 0.3) is 10.9 Å². The van der Waals surface area contributed by atoms with E-state index < -0.39 is 0 Å². The number of fused-ring (bicyclic) bond motifs is 1. The Bertz CT molecular complexity index is 1030. The molecule has 0 aliphatic heterocycles. The fourth-order valence-electron chi connectivity index (χ4n) is 3.94. The number of rotatable bonds is 18. The molecule has 1 N–H and O–H groups in total. The first-order chi connectivity index (χ1) is 17.5. The van der Waals surface area contributed by atoms with Gasteiger partial charge in [-0.2, -0.15) is 0 Å². The highest BCUT2D eigenvalue weighted by Crippen LogP contribution is 2.33. The fourth-order valence-corrected chi connectivity index (χ4v) is 3.94. The summed E-state index contributed by atoms with van der Waals surface area (Å²) in [6.45, 7) is 12.2. The number of H-pyrrole nitrogens is 1. The van der Waals surface area contributed by atoms with Crippen molar-refractivity contribution in [3.63, 3.8) is 0 Å². The molecule has 0 spiro atoms. The number of hydrogen-bond donors (Lipinski definition) is 1. The second kappa shape index (κ2) is 16.9. The molecule has 2 aromatic rings. The maximum absolute atomic E-state index is 13.0. The summed E-state index contributed by atoms with van der Waals surface area (Å²) in [5.41, 5.74) is 2.99. The number of aromatic nitrogens is 1. The summed E-state index contributed by atoms with van der Waals surface area (Å²) in [7, 11) is 0. The first-order valence-corrected chi connectivity index (χ1v) is 13.8. The van der Waals surface area contributed by atoms with Gasteiger partial charge in [0.15, 0.2) is 5.75 Å². The number of hydrogen-bond acceptors (Lipinski definition) is 4. The normalized spacial score (nSPS) is 11.5. The largest absolute Gasteiger partial charge is 0.494 e. The number of nitrogens with one attached hydrogen (secondary N) is 1. The first-order valence-electron chi connectivity index (χ1n) is 13.8. The van der Waals surface area contributed by atoms with E-state index in [-0.39, 0.29) is 11.3 Å². The smallest absolute Gasteiger partial charge is 0.294 e. The first kappa shape index (κ1) is 29.5. The van der Waals surface area contributed by atoms with Crippen LogP contribution in [0.15, 0.2) is 46.3 Å². The number of benzene rings is 1. The highest BCUT2D eigenvalue weighted by Gasteiger charge is 2.16. The van der Waals surface area contributed by atoms with Crippen molar-refractivity contribution in [1.29, 1.82) is 0 Å². The molecule has 0 unspecified atom stereocenters. The second-order valence-corrected chi connectivity index (χ2v) is 9.82. The molecule has 200 valence electrons. The second-order valence-electron chi connectivity index (χ2n) is 9.82. The monoisotopic (exact) mass is 497 g/mol. The molecule has 1 aromatic carbocycles. The summed E-state index contributed by atoms with van der Waals surface area (Å²) in [5, 5.41) is 0.830. The van der Waals surface area contributed by atoms with E-state index in [2.05, 4.69) is 45.7 Å². The topological polar surface area (TPSA) is 60.6 Å². The van der Waals surface area contributed by atoms with Crippen LogP contribution in [0.3, 0.4) is 0 Å². The van der Waals surface area contributed by atoms with Crippen LogP contribution < -0.4 is 19.8 Å². The van der Waals surface area contributed by atoms with Gasteiger partial charge in [-0.1, -0.05) is 69.6 Å². The fraction of sp³-hybridized carbons (Fsp3) is 0.581. The van der Waals surface area contributed by atoms with Crippen LogP contribution in [-0.2, 0) is 0 Å². The Kier molecular flexibility index (Phi) is 13.9. The lowest BCUT2D eigenvalue weighted by Gasteiger charge is -2.15. The minimum atomic E-state index is -0.280. The zero-order chi connectivity index (χ0) is 26.2. The van der Waals surface area contributed by atoms with Gasteiger partial charge in [-0.25, -0.2) is 0 Å². The van der Waals surface area contributed by atoms with E-state index in [1.807, 2.05) is 24.3 Å². The highest BCUT2D eigenvalue weighted by atomic mass is 16.5. The third-order valence-electron chi connectivity index (χ3n) is 6.16. The molecule has 0 bridgehead atoms. The molecule has 5 nitrogen and oxygen atoms in total. The van der Waals surface area contributed by atoms with Crippen LogP contribution in [0, 0.1) is 0 Å². The zero-order valence-electron chi connectivity index (χ0n) is 23.2. The average Bonchev–Trinajstić information content (AvgIpc) is 2.84. The lowest BCUT2D eigenvalue weighted by atomic mass is 10.1. The third kappa shape index (κ3) is 10.5. The molecule has 0 saturated heterocycles. The molecule has 1 aromatic heterocycles. The number of aromatic amines is 1. The quantitative estimate of drug-likeness (QED) is 0.166. The maximum atomic E-state index is 13.0. The van der Waals surface area contributed by atoms with Gasteiger partial charge in [-0.3, -0.25) is 4.79 Å². The van der Waals surface area contributed by atoms with Gasteiger partial charge in [0.2, 0.25) is 5.75 Å². The van der Waals surface area contributed by atoms with E-state index in [1.165, 1.54) is 43.3 Å². The van der Waals surface area contributed by atoms with Gasteiger partial charge in [0, 0.05) is 11.5 Å². The highest BCUT2D eigenvalue weighted by molar-refractivity contribution is 5.88. The van der Waals surface area contributed by atoms with Crippen molar-refractivity contribution in [3.8, 4) is 17.2 Å². The van der Waals surface area contributed by atoms with Gasteiger partial charge in [-0.05, 0) is 64.7 Å². The number of pyridine rings is 1. The molecular formula is C31H47NO4. The molecule has 0 amide bonds. The van der Waals surface area contributed by atoms with Gasteiger partial charge in [0.25, 0.3) is 5.56 Å². The van der Waals surface area contributed by atoms with Gasteiger partial charge in [-0.15, -0.1) is 0 Å². The van der Waals surface area contributed by atoms with E-state index >= 15 is 0 Å². The SMILES string of the molecule is CCCCCCCCOc1ccc2c(OCCCC)c(OC/C=C(\C)CCC=C(C)C)c(=O)[nH]c2c1. The van der Waals surface area contributed by atoms with Crippen molar-refractivity contribution < 1.29 is 14.2 Å². The predicted octanol–water partition coefficient (Wildman–Crippen LogP) is 8.52. The van der Waals surface area contributed by atoms with E-state index in [0.717, 1.165) is 43.2 Å². The molecule has 0 saturated carbocycles. The van der Waals surface area contributed by atoms with E-state index in [0.29, 0.717) is 31.1 Å². The lowest BCUT2D eigenvalue weighted by molar-refractivity contribution is 0.279. The summed E-state index contributed by atoms with van der Waals surface area (Å²) >= 11 is 0. The van der Waals surface area contributed by atoms with Crippen molar-refractivity contribution in [1.82, 2.24) is 4.98 Å². The Hall–Kier alpha value is -2.69. The molecule has 0 fully saturated rings. The molecule has 36 heavy (non-hydrogen) atoms. The Morgan fingerprint density at radius 1 is 0.833 bits per heavy atom. The van der Waals surface area contributed by atoms with Gasteiger partial charge < -0.3 is 19.2 Å². The van der Waals surface area contributed by atoms with Crippen molar-refractivity contribution in [2.45, 2.75) is 98.8 Å². The summed E-state index contributed by atoms with van der Waals surface area (Å²) < 4.78 is 18.0. The van der Waals surface area contributed by atoms with Crippen molar-refractivity contribution >= 4 is 10.9 Å². The minimum Gasteiger partial charge on any atom is -0.494 e. The van der Waals surface area contributed by atoms with E-state index in [9.17, 15) is 4.79 Å². The summed E-state index contributed by atoms with van der Waals surface area (Å²) in [6.07, 6.45) is 15.5. The molecule has 0 radical (unpaired) electrons. The molecular weight excluding hydrogens is 450 g/mol.